The van der Waals surface area contributed by atoms with Crippen LogP contribution in [0.15, 0.2) is 48.8 Å². The lowest BCUT2D eigenvalue weighted by Gasteiger charge is -2.34. The monoisotopic (exact) mass is 326 g/mol. The molecule has 0 radical (unpaired) electrons. The van der Waals surface area contributed by atoms with Crippen LogP contribution in [0.25, 0.3) is 0 Å². The second kappa shape index (κ2) is 6.99. The molecule has 2 heterocycles. The van der Waals surface area contributed by atoms with E-state index >= 15 is 0 Å². The Hall–Kier alpha value is -3.09. The van der Waals surface area contributed by atoms with Gasteiger partial charge in [0.1, 0.15) is 5.75 Å². The van der Waals surface area contributed by atoms with Gasteiger partial charge in [-0.3, -0.25) is 9.78 Å². The molecule has 1 aromatic carbocycles. The minimum atomic E-state index is -0.222. The molecule has 1 aromatic heterocycles. The second-order valence-electron chi connectivity index (χ2n) is 5.47. The quantitative estimate of drug-likeness (QED) is 0.881. The van der Waals surface area contributed by atoms with Gasteiger partial charge < -0.3 is 20.2 Å². The van der Waals surface area contributed by atoms with E-state index in [1.807, 2.05) is 0 Å². The van der Waals surface area contributed by atoms with Crippen LogP contribution >= 0.6 is 0 Å². The van der Waals surface area contributed by atoms with E-state index in [0.717, 1.165) is 0 Å². The first-order valence-electron chi connectivity index (χ1n) is 7.68. The van der Waals surface area contributed by atoms with Crippen LogP contribution < -0.4 is 5.32 Å². The van der Waals surface area contributed by atoms with Crippen LogP contribution in [0.5, 0.6) is 5.75 Å². The first-order valence-corrected chi connectivity index (χ1v) is 7.68. The van der Waals surface area contributed by atoms with Crippen LogP contribution in [0.1, 0.15) is 10.4 Å². The lowest BCUT2D eigenvalue weighted by Crippen LogP contribution is -2.51. The first kappa shape index (κ1) is 15.8. The molecule has 0 saturated carbocycles. The number of aromatic nitrogens is 1. The van der Waals surface area contributed by atoms with Crippen molar-refractivity contribution in [2.45, 2.75) is 0 Å². The third-order valence-corrected chi connectivity index (χ3v) is 3.90. The van der Waals surface area contributed by atoms with Gasteiger partial charge in [0.15, 0.2) is 0 Å². The summed E-state index contributed by atoms with van der Waals surface area (Å²) in [4.78, 5) is 31.9. The second-order valence-corrected chi connectivity index (χ2v) is 5.47. The van der Waals surface area contributed by atoms with E-state index in [2.05, 4.69) is 10.3 Å². The number of benzene rings is 1. The highest BCUT2D eigenvalue weighted by Crippen LogP contribution is 2.19. The number of rotatable bonds is 2. The Kier molecular flexibility index (Phi) is 4.60. The summed E-state index contributed by atoms with van der Waals surface area (Å²) in [5, 5.41) is 12.6. The molecule has 3 rings (SSSR count). The maximum atomic E-state index is 12.4. The van der Waals surface area contributed by atoms with Gasteiger partial charge in [-0.05, 0) is 24.3 Å². The minimum Gasteiger partial charge on any atom is -0.507 e. The number of amides is 3. The van der Waals surface area contributed by atoms with Gasteiger partial charge >= 0.3 is 6.03 Å². The zero-order valence-electron chi connectivity index (χ0n) is 13.1. The van der Waals surface area contributed by atoms with E-state index in [1.54, 1.807) is 52.5 Å². The Labute approximate surface area is 139 Å². The smallest absolute Gasteiger partial charge is 0.322 e. The lowest BCUT2D eigenvalue weighted by molar-refractivity contribution is 0.0668. The summed E-state index contributed by atoms with van der Waals surface area (Å²) in [5.74, 6) is -0.250. The number of urea groups is 1. The molecule has 0 aliphatic carbocycles. The summed E-state index contributed by atoms with van der Waals surface area (Å²) in [6.45, 7) is 1.72. The summed E-state index contributed by atoms with van der Waals surface area (Å²) in [5.41, 5.74) is 0.918. The largest absolute Gasteiger partial charge is 0.507 e. The van der Waals surface area contributed by atoms with E-state index in [-0.39, 0.29) is 23.3 Å². The fourth-order valence-electron chi connectivity index (χ4n) is 2.58. The van der Waals surface area contributed by atoms with E-state index < -0.39 is 0 Å². The van der Waals surface area contributed by atoms with Gasteiger partial charge in [0.25, 0.3) is 5.91 Å². The highest BCUT2D eigenvalue weighted by Gasteiger charge is 2.26. The van der Waals surface area contributed by atoms with Gasteiger partial charge in [-0.15, -0.1) is 0 Å². The highest BCUT2D eigenvalue weighted by molar-refractivity contribution is 5.97. The number of aromatic hydroxyl groups is 1. The molecular formula is C17H18N4O3. The Balaban J connectivity index is 1.57. The number of hydrogen-bond acceptors (Lipinski definition) is 4. The molecule has 0 bridgehead atoms. The van der Waals surface area contributed by atoms with Gasteiger partial charge in [0, 0.05) is 32.4 Å². The molecule has 24 heavy (non-hydrogen) atoms. The summed E-state index contributed by atoms with van der Waals surface area (Å²) in [7, 11) is 0. The van der Waals surface area contributed by atoms with Crippen molar-refractivity contribution >= 4 is 17.6 Å². The van der Waals surface area contributed by atoms with Crippen LogP contribution in [0.2, 0.25) is 0 Å². The maximum Gasteiger partial charge on any atom is 0.322 e. The summed E-state index contributed by atoms with van der Waals surface area (Å²) >= 11 is 0. The number of nitrogens with one attached hydrogen (secondary N) is 1. The maximum absolute atomic E-state index is 12.4. The highest BCUT2D eigenvalue weighted by atomic mass is 16.3. The number of carbonyl (C=O) groups excluding carboxylic acids is 2. The van der Waals surface area contributed by atoms with Crippen LogP contribution in [0.4, 0.5) is 10.5 Å². The number of piperazine rings is 1. The van der Waals surface area contributed by atoms with Gasteiger partial charge in [-0.2, -0.15) is 0 Å². The number of phenolic OH excluding ortho intramolecular Hbond substituents is 1. The molecule has 1 saturated heterocycles. The molecule has 0 atom stereocenters. The van der Waals surface area contributed by atoms with Crippen molar-refractivity contribution in [3.63, 3.8) is 0 Å². The topological polar surface area (TPSA) is 85.8 Å². The lowest BCUT2D eigenvalue weighted by atomic mass is 10.1. The van der Waals surface area contributed by atoms with Gasteiger partial charge in [-0.25, -0.2) is 4.79 Å². The number of anilines is 1. The number of carbonyl (C=O) groups is 2. The Morgan fingerprint density at radius 1 is 1.00 bits per heavy atom. The van der Waals surface area contributed by atoms with Crippen molar-refractivity contribution in [3.05, 3.63) is 54.4 Å². The van der Waals surface area contributed by atoms with Gasteiger partial charge in [-0.1, -0.05) is 12.1 Å². The molecule has 3 amide bonds. The zero-order valence-corrected chi connectivity index (χ0v) is 13.1. The summed E-state index contributed by atoms with van der Waals surface area (Å²) < 4.78 is 0. The number of phenols is 1. The standard InChI is InChI=1S/C17H18N4O3/c22-15-6-2-1-5-14(15)16(23)20-8-10-21(11-9-20)17(24)19-13-4-3-7-18-12-13/h1-7,12,22H,8-11H2,(H,19,24). The van der Waals surface area contributed by atoms with Gasteiger partial charge in [0.2, 0.25) is 0 Å². The molecule has 0 spiro atoms. The zero-order chi connectivity index (χ0) is 16.9. The number of nitrogens with zero attached hydrogens (tertiary/aromatic N) is 3. The molecular weight excluding hydrogens is 308 g/mol. The number of para-hydroxylation sites is 1. The van der Waals surface area contributed by atoms with E-state index in [4.69, 9.17) is 0 Å². The first-order chi connectivity index (χ1) is 11.6. The molecule has 1 fully saturated rings. The summed E-state index contributed by atoms with van der Waals surface area (Å²) in [6.07, 6.45) is 3.22. The predicted molar refractivity (Wildman–Crippen MR) is 88.8 cm³/mol. The predicted octanol–water partition coefficient (Wildman–Crippen LogP) is 1.78. The van der Waals surface area contributed by atoms with Crippen LogP contribution in [0, 0.1) is 0 Å². The van der Waals surface area contributed by atoms with E-state index in [0.29, 0.717) is 31.9 Å². The molecule has 7 nitrogen and oxygen atoms in total. The van der Waals surface area contributed by atoms with E-state index in [9.17, 15) is 14.7 Å². The third-order valence-electron chi connectivity index (χ3n) is 3.90. The van der Waals surface area contributed by atoms with Crippen molar-refractivity contribution < 1.29 is 14.7 Å². The molecule has 1 aliphatic rings. The molecule has 2 N–H and O–H groups in total. The molecule has 2 aromatic rings. The Morgan fingerprint density at radius 2 is 1.71 bits per heavy atom. The normalized spacial score (nSPS) is 14.3. The third kappa shape index (κ3) is 3.45. The van der Waals surface area contributed by atoms with E-state index in [1.165, 1.54) is 6.07 Å². The van der Waals surface area contributed by atoms with Crippen molar-refractivity contribution in [1.82, 2.24) is 14.8 Å². The van der Waals surface area contributed by atoms with Crippen LogP contribution in [-0.2, 0) is 0 Å². The molecule has 7 heteroatoms. The molecule has 1 aliphatic heterocycles. The van der Waals surface area contributed by atoms with Crippen LogP contribution in [-0.4, -0.2) is 58.0 Å². The molecule has 124 valence electrons. The van der Waals surface area contributed by atoms with Crippen molar-refractivity contribution in [2.24, 2.45) is 0 Å². The van der Waals surface area contributed by atoms with Gasteiger partial charge in [0.05, 0.1) is 17.4 Å². The number of pyridine rings is 1. The minimum absolute atomic E-state index is 0.0285. The van der Waals surface area contributed by atoms with Crippen molar-refractivity contribution in [2.75, 3.05) is 31.5 Å². The average molecular weight is 326 g/mol. The number of hydrogen-bond donors (Lipinski definition) is 2. The van der Waals surface area contributed by atoms with Crippen LogP contribution in [0.3, 0.4) is 0 Å². The Morgan fingerprint density at radius 3 is 2.38 bits per heavy atom. The SMILES string of the molecule is O=C(Nc1cccnc1)N1CCN(C(=O)c2ccccc2O)CC1. The van der Waals surface area contributed by atoms with Crippen molar-refractivity contribution in [1.29, 1.82) is 0 Å². The fourth-order valence-corrected chi connectivity index (χ4v) is 2.58. The molecule has 0 unspecified atom stereocenters. The fraction of sp³-hybridized carbons (Fsp3) is 0.235. The average Bonchev–Trinajstić information content (AvgIpc) is 2.62. The summed E-state index contributed by atoms with van der Waals surface area (Å²) in [6, 6.07) is 9.78. The Bertz CT molecular complexity index is 728. The van der Waals surface area contributed by atoms with Crippen molar-refractivity contribution in [3.8, 4) is 5.75 Å².